The van der Waals surface area contributed by atoms with Gasteiger partial charge in [0.1, 0.15) is 0 Å². The Kier molecular flexibility index (Phi) is 4.81. The molecule has 2 aromatic rings. The molecular formula is C24H29NO2. The van der Waals surface area contributed by atoms with E-state index in [-0.39, 0.29) is 18.1 Å². The van der Waals surface area contributed by atoms with Crippen molar-refractivity contribution in [1.82, 2.24) is 4.90 Å². The van der Waals surface area contributed by atoms with Crippen LogP contribution in [0, 0.1) is 20.8 Å². The summed E-state index contributed by atoms with van der Waals surface area (Å²) in [5.74, 6) is 0.101. The molecule has 142 valence electrons. The van der Waals surface area contributed by atoms with E-state index in [0.29, 0.717) is 6.54 Å². The molecule has 1 fully saturated rings. The van der Waals surface area contributed by atoms with Crippen LogP contribution in [0.3, 0.4) is 0 Å². The molecule has 0 spiro atoms. The van der Waals surface area contributed by atoms with Crippen molar-refractivity contribution in [2.75, 3.05) is 0 Å². The number of carbonyl (C=O) groups excluding carboxylic acids is 1. The number of hydrogen-bond acceptors (Lipinski definition) is 2. The van der Waals surface area contributed by atoms with Crippen LogP contribution in [0.4, 0.5) is 0 Å². The lowest BCUT2D eigenvalue weighted by molar-refractivity contribution is 0.0191. The second-order valence-electron chi connectivity index (χ2n) is 8.33. The van der Waals surface area contributed by atoms with E-state index in [1.165, 1.54) is 27.8 Å². The van der Waals surface area contributed by atoms with Gasteiger partial charge in [-0.3, -0.25) is 4.79 Å². The molecule has 0 radical (unpaired) electrons. The minimum Gasteiger partial charge on any atom is -0.391 e. The number of hydrogen-bond donors (Lipinski definition) is 1. The molecule has 2 atom stereocenters. The summed E-state index contributed by atoms with van der Waals surface area (Å²) in [7, 11) is 0. The van der Waals surface area contributed by atoms with Gasteiger partial charge >= 0.3 is 0 Å². The average molecular weight is 364 g/mol. The van der Waals surface area contributed by atoms with Gasteiger partial charge in [-0.15, -0.1) is 0 Å². The molecule has 2 aromatic carbocycles. The minimum atomic E-state index is -0.384. The largest absolute Gasteiger partial charge is 0.391 e. The zero-order chi connectivity index (χ0) is 19.1. The summed E-state index contributed by atoms with van der Waals surface area (Å²) >= 11 is 0. The van der Waals surface area contributed by atoms with Gasteiger partial charge in [0.15, 0.2) is 0 Å². The Bertz CT molecular complexity index is 869. The first-order valence-corrected chi connectivity index (χ1v) is 10.1. The number of benzene rings is 2. The Morgan fingerprint density at radius 2 is 1.74 bits per heavy atom. The van der Waals surface area contributed by atoms with Crippen LogP contribution in [0.15, 0.2) is 30.3 Å². The lowest BCUT2D eigenvalue weighted by Gasteiger charge is -2.35. The molecule has 1 aliphatic heterocycles. The Morgan fingerprint density at radius 3 is 2.44 bits per heavy atom. The third-order valence-corrected chi connectivity index (χ3v) is 6.57. The first-order valence-electron chi connectivity index (χ1n) is 10.1. The maximum Gasteiger partial charge on any atom is 0.254 e. The molecule has 4 rings (SSSR count). The third kappa shape index (κ3) is 3.29. The molecule has 1 aliphatic carbocycles. The zero-order valence-corrected chi connectivity index (χ0v) is 16.6. The van der Waals surface area contributed by atoms with Crippen LogP contribution in [0.25, 0.3) is 0 Å². The molecule has 0 saturated heterocycles. The fraction of sp³-hybridized carbons (Fsp3) is 0.458. The van der Waals surface area contributed by atoms with Crippen molar-refractivity contribution in [1.29, 1.82) is 0 Å². The second kappa shape index (κ2) is 7.12. The third-order valence-electron chi connectivity index (χ3n) is 6.57. The molecule has 3 nitrogen and oxygen atoms in total. The Balaban J connectivity index is 1.65. The SMILES string of the molecule is Cc1ccc(Cc2cc3c(c(C)c2C)CN(C2CCCCC2O)C3=O)cc1. The van der Waals surface area contributed by atoms with E-state index in [1.807, 2.05) is 4.90 Å². The Hall–Kier alpha value is -2.13. The molecule has 2 unspecified atom stereocenters. The molecule has 2 aliphatic rings. The fourth-order valence-corrected chi connectivity index (χ4v) is 4.66. The van der Waals surface area contributed by atoms with Crippen molar-refractivity contribution in [3.8, 4) is 0 Å². The topological polar surface area (TPSA) is 40.5 Å². The monoisotopic (exact) mass is 363 g/mol. The highest BCUT2D eigenvalue weighted by Crippen LogP contribution is 2.35. The van der Waals surface area contributed by atoms with Crippen LogP contribution in [-0.2, 0) is 13.0 Å². The summed E-state index contributed by atoms with van der Waals surface area (Å²) in [6.07, 6.45) is 4.34. The molecule has 1 N–H and O–H groups in total. The molecule has 1 heterocycles. The van der Waals surface area contributed by atoms with E-state index in [9.17, 15) is 9.90 Å². The maximum atomic E-state index is 13.2. The summed E-state index contributed by atoms with van der Waals surface area (Å²) in [6.45, 7) is 7.05. The Morgan fingerprint density at radius 1 is 1.04 bits per heavy atom. The van der Waals surface area contributed by atoms with Gasteiger partial charge in [0.2, 0.25) is 0 Å². The normalized spacial score (nSPS) is 22.2. The molecule has 1 saturated carbocycles. The van der Waals surface area contributed by atoms with Crippen LogP contribution in [0.1, 0.15) is 69.4 Å². The van der Waals surface area contributed by atoms with Gasteiger partial charge in [0.25, 0.3) is 5.91 Å². The first-order chi connectivity index (χ1) is 13.0. The molecule has 3 heteroatoms. The Labute approximate surface area is 162 Å². The predicted molar refractivity (Wildman–Crippen MR) is 108 cm³/mol. The van der Waals surface area contributed by atoms with Crippen molar-refractivity contribution in [2.45, 2.75) is 71.6 Å². The van der Waals surface area contributed by atoms with Gasteiger partial charge in [-0.05, 0) is 73.9 Å². The number of aliphatic hydroxyl groups is 1. The van der Waals surface area contributed by atoms with Crippen molar-refractivity contribution in [2.24, 2.45) is 0 Å². The fourth-order valence-electron chi connectivity index (χ4n) is 4.66. The van der Waals surface area contributed by atoms with Crippen LogP contribution in [-0.4, -0.2) is 28.1 Å². The van der Waals surface area contributed by atoms with Crippen molar-refractivity contribution in [3.05, 3.63) is 69.3 Å². The summed E-state index contributed by atoms with van der Waals surface area (Å²) < 4.78 is 0. The standard InChI is InChI=1S/C24H29NO2/c1-15-8-10-18(11-9-15)12-19-13-20-21(17(3)16(19)2)14-25(24(20)27)22-6-4-5-7-23(22)26/h8-11,13,22-23,26H,4-7,12,14H2,1-3H3. The number of aliphatic hydroxyl groups excluding tert-OH is 1. The van der Waals surface area contributed by atoms with E-state index in [2.05, 4.69) is 51.1 Å². The van der Waals surface area contributed by atoms with Gasteiger partial charge in [-0.25, -0.2) is 0 Å². The van der Waals surface area contributed by atoms with Crippen LogP contribution in [0.5, 0.6) is 0 Å². The summed E-state index contributed by atoms with van der Waals surface area (Å²) in [6, 6.07) is 10.7. The highest BCUT2D eigenvalue weighted by atomic mass is 16.3. The van der Waals surface area contributed by atoms with Gasteiger partial charge in [0, 0.05) is 12.1 Å². The van der Waals surface area contributed by atoms with Gasteiger partial charge < -0.3 is 10.0 Å². The molecule has 0 aromatic heterocycles. The molecule has 27 heavy (non-hydrogen) atoms. The number of rotatable bonds is 3. The molecule has 0 bridgehead atoms. The first kappa shape index (κ1) is 18.2. The number of fused-ring (bicyclic) bond motifs is 1. The van der Waals surface area contributed by atoms with Crippen LogP contribution < -0.4 is 0 Å². The van der Waals surface area contributed by atoms with E-state index in [0.717, 1.165) is 43.2 Å². The summed E-state index contributed by atoms with van der Waals surface area (Å²) in [4.78, 5) is 15.1. The average Bonchev–Trinajstić information content (AvgIpc) is 2.98. The van der Waals surface area contributed by atoms with Crippen LogP contribution in [0.2, 0.25) is 0 Å². The lowest BCUT2D eigenvalue weighted by Crippen LogP contribution is -2.45. The quantitative estimate of drug-likeness (QED) is 0.874. The van der Waals surface area contributed by atoms with Crippen molar-refractivity contribution >= 4 is 5.91 Å². The van der Waals surface area contributed by atoms with E-state index >= 15 is 0 Å². The summed E-state index contributed by atoms with van der Waals surface area (Å²) in [5.41, 5.74) is 8.28. The molecular weight excluding hydrogens is 334 g/mol. The van der Waals surface area contributed by atoms with Gasteiger partial charge in [-0.1, -0.05) is 42.7 Å². The molecule has 1 amide bonds. The highest BCUT2D eigenvalue weighted by Gasteiger charge is 2.38. The summed E-state index contributed by atoms with van der Waals surface area (Å²) in [5, 5.41) is 10.4. The second-order valence-corrected chi connectivity index (χ2v) is 8.33. The van der Waals surface area contributed by atoms with Crippen molar-refractivity contribution < 1.29 is 9.90 Å². The van der Waals surface area contributed by atoms with E-state index < -0.39 is 0 Å². The number of amides is 1. The number of nitrogens with zero attached hydrogens (tertiary/aromatic N) is 1. The van der Waals surface area contributed by atoms with Crippen LogP contribution >= 0.6 is 0 Å². The van der Waals surface area contributed by atoms with E-state index in [1.54, 1.807) is 0 Å². The van der Waals surface area contributed by atoms with Gasteiger partial charge in [-0.2, -0.15) is 0 Å². The predicted octanol–water partition coefficient (Wildman–Crippen LogP) is 4.46. The minimum absolute atomic E-state index is 0.0288. The highest BCUT2D eigenvalue weighted by molar-refractivity contribution is 5.99. The number of aryl methyl sites for hydroxylation is 1. The smallest absolute Gasteiger partial charge is 0.254 e. The zero-order valence-electron chi connectivity index (χ0n) is 16.6. The maximum absolute atomic E-state index is 13.2. The number of carbonyl (C=O) groups is 1. The van der Waals surface area contributed by atoms with E-state index in [4.69, 9.17) is 0 Å². The lowest BCUT2D eigenvalue weighted by atomic mass is 9.91. The van der Waals surface area contributed by atoms with Crippen molar-refractivity contribution in [3.63, 3.8) is 0 Å². The van der Waals surface area contributed by atoms with Gasteiger partial charge in [0.05, 0.1) is 12.1 Å².